The van der Waals surface area contributed by atoms with Gasteiger partial charge in [-0.3, -0.25) is 4.79 Å². The van der Waals surface area contributed by atoms with Crippen LogP contribution in [0.25, 0.3) is 0 Å². The molecule has 2 bridgehead atoms. The summed E-state index contributed by atoms with van der Waals surface area (Å²) in [6, 6.07) is 11.2. The van der Waals surface area contributed by atoms with Crippen molar-refractivity contribution >= 4 is 33.2 Å². The Morgan fingerprint density at radius 1 is 1.02 bits per heavy atom. The number of hydrogen-bond donors (Lipinski definition) is 2. The van der Waals surface area contributed by atoms with E-state index in [4.69, 9.17) is 16.3 Å². The lowest BCUT2D eigenvalue weighted by molar-refractivity contribution is 0.0115. The van der Waals surface area contributed by atoms with Gasteiger partial charge in [0, 0.05) is 23.7 Å². The molecule has 1 saturated carbocycles. The van der Waals surface area contributed by atoms with Gasteiger partial charge in [0.1, 0.15) is 12.4 Å². The molecule has 6 atom stereocenters. The van der Waals surface area contributed by atoms with E-state index >= 15 is 0 Å². The number of benzene rings is 2. The first kappa shape index (κ1) is 31.1. The standard InChI is InChI=1S/C33H45ClN2O5S/c1-21-7-6-9-29(22(2)37)30-14-11-26(30)19-36-16-5-4-8-24-17-28(34)13-10-27(24)20-41-32-15-12-25(18-31(32)36)33(38)35-42(39,40)23(21)3/h10,12-13,15,17-18,21-23,26,29-30,37H,4-9,11,14,16,19-20H2,1-3H3,(H,35,38)/t21-,22?,23+,26-,29?,30+/m0/s1. The first-order valence-corrected chi connectivity index (χ1v) is 17.5. The van der Waals surface area contributed by atoms with E-state index in [0.29, 0.717) is 34.8 Å². The molecular weight excluding hydrogens is 572 g/mol. The second-order valence-corrected chi connectivity index (χ2v) is 15.3. The number of hydrogen-bond acceptors (Lipinski definition) is 6. The summed E-state index contributed by atoms with van der Waals surface area (Å²) in [5.41, 5.74) is 3.38. The summed E-state index contributed by atoms with van der Waals surface area (Å²) in [7, 11) is -3.88. The molecule has 1 amide bonds. The van der Waals surface area contributed by atoms with Gasteiger partial charge >= 0.3 is 0 Å². The molecule has 230 valence electrons. The highest BCUT2D eigenvalue weighted by molar-refractivity contribution is 7.90. The predicted octanol–water partition coefficient (Wildman–Crippen LogP) is 6.35. The van der Waals surface area contributed by atoms with Crippen molar-refractivity contribution in [1.82, 2.24) is 4.72 Å². The highest BCUT2D eigenvalue weighted by Crippen LogP contribution is 2.45. The van der Waals surface area contributed by atoms with Crippen LogP contribution in [0.4, 0.5) is 5.69 Å². The van der Waals surface area contributed by atoms with Gasteiger partial charge in [0.15, 0.2) is 0 Å². The molecule has 0 aromatic heterocycles. The van der Waals surface area contributed by atoms with Crippen molar-refractivity contribution < 1.29 is 23.1 Å². The van der Waals surface area contributed by atoms with E-state index in [-0.39, 0.29) is 11.8 Å². The van der Waals surface area contributed by atoms with Gasteiger partial charge in [-0.15, -0.1) is 0 Å². The fourth-order valence-electron chi connectivity index (χ4n) is 7.06. The first-order chi connectivity index (χ1) is 20.0. The Bertz CT molecular complexity index is 1380. The molecular formula is C33H45ClN2O5S. The van der Waals surface area contributed by atoms with Crippen LogP contribution in [0.1, 0.15) is 87.2 Å². The highest BCUT2D eigenvalue weighted by atomic mass is 35.5. The Morgan fingerprint density at radius 3 is 2.57 bits per heavy atom. The molecule has 0 radical (unpaired) electrons. The van der Waals surface area contributed by atoms with E-state index in [9.17, 15) is 18.3 Å². The Morgan fingerprint density at radius 2 is 1.83 bits per heavy atom. The number of fused-ring (bicyclic) bond motifs is 3. The van der Waals surface area contributed by atoms with Crippen molar-refractivity contribution in [3.8, 4) is 5.75 Å². The number of nitrogens with zero attached hydrogens (tertiary/aromatic N) is 1. The maximum Gasteiger partial charge on any atom is 0.264 e. The molecule has 2 N–H and O–H groups in total. The number of halogens is 1. The van der Waals surface area contributed by atoms with E-state index in [2.05, 4.69) is 9.62 Å². The van der Waals surface area contributed by atoms with Crippen LogP contribution in [0, 0.1) is 23.7 Å². The van der Waals surface area contributed by atoms with E-state index in [1.807, 2.05) is 32.0 Å². The topological polar surface area (TPSA) is 95.9 Å². The van der Waals surface area contributed by atoms with Gasteiger partial charge in [0.2, 0.25) is 10.0 Å². The number of aryl methyl sites for hydroxylation is 1. The van der Waals surface area contributed by atoms with Crippen LogP contribution in [0.5, 0.6) is 5.75 Å². The molecule has 1 fully saturated rings. The fraction of sp³-hybridized carbons (Fsp3) is 0.606. The van der Waals surface area contributed by atoms with Crippen molar-refractivity contribution in [3.05, 3.63) is 58.1 Å². The van der Waals surface area contributed by atoms with Gasteiger partial charge in [0.05, 0.1) is 17.0 Å². The number of carbonyl (C=O) groups is 1. The largest absolute Gasteiger partial charge is 0.487 e. The highest BCUT2D eigenvalue weighted by Gasteiger charge is 2.40. The maximum atomic E-state index is 13.3. The number of nitrogens with one attached hydrogen (secondary N) is 1. The molecule has 1 aliphatic carbocycles. The zero-order valence-corrected chi connectivity index (χ0v) is 26.6. The van der Waals surface area contributed by atoms with Crippen LogP contribution in [-0.4, -0.2) is 43.9 Å². The zero-order valence-electron chi connectivity index (χ0n) is 25.0. The Balaban J connectivity index is 1.54. The minimum Gasteiger partial charge on any atom is -0.487 e. The van der Waals surface area contributed by atoms with Crippen molar-refractivity contribution in [3.63, 3.8) is 0 Å². The molecule has 7 nitrogen and oxygen atoms in total. The minimum atomic E-state index is -3.88. The average Bonchev–Trinajstić information content (AvgIpc) is 2.96. The normalized spacial score (nSPS) is 29.4. The quantitative estimate of drug-likeness (QED) is 0.387. The Kier molecular flexibility index (Phi) is 9.75. The maximum absolute atomic E-state index is 13.3. The average molecular weight is 617 g/mol. The van der Waals surface area contributed by atoms with Crippen LogP contribution in [0.3, 0.4) is 0 Å². The lowest BCUT2D eigenvalue weighted by Gasteiger charge is -2.46. The number of sulfonamides is 1. The summed E-state index contributed by atoms with van der Waals surface area (Å²) < 4.78 is 35.2. The lowest BCUT2D eigenvalue weighted by Crippen LogP contribution is -2.44. The van der Waals surface area contributed by atoms with Crippen LogP contribution < -0.4 is 14.4 Å². The third-order valence-electron chi connectivity index (χ3n) is 10.1. The second kappa shape index (κ2) is 13.1. The van der Waals surface area contributed by atoms with E-state index in [1.54, 1.807) is 25.1 Å². The molecule has 42 heavy (non-hydrogen) atoms. The zero-order chi connectivity index (χ0) is 30.0. The molecule has 9 heteroatoms. The van der Waals surface area contributed by atoms with Crippen LogP contribution in [0.2, 0.25) is 5.02 Å². The number of anilines is 1. The lowest BCUT2D eigenvalue weighted by atomic mass is 9.64. The summed E-state index contributed by atoms with van der Waals surface area (Å²) in [6.45, 7) is 7.47. The number of rotatable bonds is 1. The fourth-order valence-corrected chi connectivity index (χ4v) is 8.56. The molecule has 2 aliphatic heterocycles. The molecule has 2 unspecified atom stereocenters. The van der Waals surface area contributed by atoms with Crippen LogP contribution >= 0.6 is 11.6 Å². The van der Waals surface area contributed by atoms with Gasteiger partial charge in [-0.25, -0.2) is 13.1 Å². The summed E-state index contributed by atoms with van der Waals surface area (Å²) >= 11 is 6.32. The third-order valence-corrected chi connectivity index (χ3v) is 12.2. The van der Waals surface area contributed by atoms with Crippen molar-refractivity contribution in [2.45, 2.75) is 90.1 Å². The van der Waals surface area contributed by atoms with Gasteiger partial charge in [-0.05, 0) is 124 Å². The first-order valence-electron chi connectivity index (χ1n) is 15.6. The number of aliphatic hydroxyl groups is 1. The van der Waals surface area contributed by atoms with Crippen molar-refractivity contribution in [2.24, 2.45) is 23.7 Å². The van der Waals surface area contributed by atoms with Crippen LogP contribution in [-0.2, 0) is 23.1 Å². The molecule has 3 aliphatic rings. The summed E-state index contributed by atoms with van der Waals surface area (Å²) in [6.07, 6.45) is 7.07. The molecule has 0 spiro atoms. The number of ether oxygens (including phenoxy) is 1. The van der Waals surface area contributed by atoms with Gasteiger partial charge in [-0.1, -0.05) is 31.0 Å². The second-order valence-electron chi connectivity index (χ2n) is 12.8. The molecule has 2 heterocycles. The number of carbonyl (C=O) groups excluding carboxylic acids is 1. The van der Waals surface area contributed by atoms with Crippen LogP contribution in [0.15, 0.2) is 36.4 Å². The number of amides is 1. The molecule has 2 aromatic carbocycles. The Hall–Kier alpha value is -2.29. The predicted molar refractivity (Wildman–Crippen MR) is 168 cm³/mol. The van der Waals surface area contributed by atoms with E-state index in [1.165, 1.54) is 5.56 Å². The van der Waals surface area contributed by atoms with E-state index in [0.717, 1.165) is 75.7 Å². The molecule has 2 aromatic rings. The van der Waals surface area contributed by atoms with E-state index < -0.39 is 27.3 Å². The van der Waals surface area contributed by atoms with Gasteiger partial charge < -0.3 is 14.7 Å². The van der Waals surface area contributed by atoms with Gasteiger partial charge in [0.25, 0.3) is 5.91 Å². The summed E-state index contributed by atoms with van der Waals surface area (Å²) in [5, 5.41) is 10.8. The molecule has 5 rings (SSSR count). The number of aliphatic hydroxyl groups excluding tert-OH is 1. The third kappa shape index (κ3) is 6.92. The molecule has 0 saturated heterocycles. The van der Waals surface area contributed by atoms with Gasteiger partial charge in [-0.2, -0.15) is 0 Å². The Labute approximate surface area is 256 Å². The SMILES string of the molecule is CC(O)C1CCC[C@H](C)[C@@H](C)S(=O)(=O)NC(=O)c2ccc3c(c2)N(CCCCc2cc(Cl)ccc2CO3)C[C@@H]2CC[C@@H]12. The summed E-state index contributed by atoms with van der Waals surface area (Å²) in [4.78, 5) is 15.7. The summed E-state index contributed by atoms with van der Waals surface area (Å²) in [5.74, 6) is 0.956. The monoisotopic (exact) mass is 616 g/mol. The minimum absolute atomic E-state index is 0.121. The van der Waals surface area contributed by atoms with Crippen molar-refractivity contribution in [2.75, 3.05) is 18.0 Å². The smallest absolute Gasteiger partial charge is 0.264 e. The van der Waals surface area contributed by atoms with Crippen molar-refractivity contribution in [1.29, 1.82) is 0 Å².